The first-order valence-electron chi connectivity index (χ1n) is 7.10. The van der Waals surface area contributed by atoms with E-state index in [1.54, 1.807) is 6.07 Å². The molecule has 1 N–H and O–H groups in total. The first-order valence-corrected chi connectivity index (χ1v) is 7.48. The summed E-state index contributed by atoms with van der Waals surface area (Å²) in [7, 11) is 0. The molecule has 1 fully saturated rings. The second-order valence-corrected chi connectivity index (χ2v) is 5.66. The van der Waals surface area contributed by atoms with E-state index >= 15 is 0 Å². The average Bonchev–Trinajstić information content (AvgIpc) is 2.37. The minimum Gasteiger partial charge on any atom is -0.317 e. The van der Waals surface area contributed by atoms with E-state index < -0.39 is 0 Å². The van der Waals surface area contributed by atoms with Crippen LogP contribution in [0.15, 0.2) is 6.07 Å². The molecule has 1 aliphatic heterocycles. The van der Waals surface area contributed by atoms with Gasteiger partial charge >= 0.3 is 0 Å². The monoisotopic (exact) mass is 282 g/mol. The molecular weight excluding hydrogens is 260 g/mol. The number of aromatic nitrogens is 2. The molecule has 0 spiro atoms. The molecule has 2 heterocycles. The largest absolute Gasteiger partial charge is 0.317 e. The lowest BCUT2D eigenvalue weighted by atomic mass is 9.97. The van der Waals surface area contributed by atoms with Crippen molar-refractivity contribution in [2.75, 3.05) is 26.2 Å². The number of hydrogen-bond acceptors (Lipinski definition) is 4. The third-order valence-corrected chi connectivity index (χ3v) is 3.82. The number of halogens is 1. The fraction of sp³-hybridized carbons (Fsp3) is 0.714. The molecule has 0 aliphatic carbocycles. The van der Waals surface area contributed by atoms with Crippen molar-refractivity contribution in [3.05, 3.63) is 22.7 Å². The first kappa shape index (κ1) is 14.7. The molecule has 0 radical (unpaired) electrons. The highest BCUT2D eigenvalue weighted by atomic mass is 35.5. The second-order valence-electron chi connectivity index (χ2n) is 5.28. The van der Waals surface area contributed by atoms with Crippen LogP contribution in [-0.4, -0.2) is 41.0 Å². The van der Waals surface area contributed by atoms with Gasteiger partial charge in [0.15, 0.2) is 0 Å². The van der Waals surface area contributed by atoms with Gasteiger partial charge in [-0.05, 0) is 57.9 Å². The summed E-state index contributed by atoms with van der Waals surface area (Å²) < 4.78 is 0. The van der Waals surface area contributed by atoms with Gasteiger partial charge in [-0.2, -0.15) is 0 Å². The van der Waals surface area contributed by atoms with E-state index in [9.17, 15) is 0 Å². The van der Waals surface area contributed by atoms with Crippen LogP contribution >= 0.6 is 11.6 Å². The predicted octanol–water partition coefficient (Wildman–Crippen LogP) is 2.26. The van der Waals surface area contributed by atoms with Crippen LogP contribution in [0.3, 0.4) is 0 Å². The van der Waals surface area contributed by atoms with Crippen molar-refractivity contribution >= 4 is 11.6 Å². The van der Waals surface area contributed by atoms with Crippen molar-refractivity contribution in [2.24, 2.45) is 5.92 Å². The van der Waals surface area contributed by atoms with E-state index in [1.807, 2.05) is 6.92 Å². The lowest BCUT2D eigenvalue weighted by Crippen LogP contribution is -2.37. The maximum absolute atomic E-state index is 5.97. The summed E-state index contributed by atoms with van der Waals surface area (Å²) in [5.74, 6) is 1.66. The van der Waals surface area contributed by atoms with Crippen molar-refractivity contribution < 1.29 is 0 Å². The Balaban J connectivity index is 1.82. The van der Waals surface area contributed by atoms with Crippen LogP contribution in [0.25, 0.3) is 0 Å². The summed E-state index contributed by atoms with van der Waals surface area (Å²) in [5, 5.41) is 3.98. The smallest absolute Gasteiger partial charge is 0.144 e. The quantitative estimate of drug-likeness (QED) is 0.841. The minimum atomic E-state index is 0.546. The first-order chi connectivity index (χ1) is 9.17. The Morgan fingerprint density at radius 3 is 2.74 bits per heavy atom. The zero-order chi connectivity index (χ0) is 13.7. The summed E-state index contributed by atoms with van der Waals surface area (Å²) >= 11 is 5.97. The molecule has 0 amide bonds. The molecule has 0 unspecified atom stereocenters. The standard InChI is InChI=1S/C14H23ClN4/c1-3-16-9-12-4-6-19(7-5-12)10-14-17-11(2)8-13(15)18-14/h8,12,16H,3-7,9-10H2,1-2H3. The van der Waals surface area contributed by atoms with Crippen LogP contribution in [-0.2, 0) is 6.54 Å². The number of nitrogens with one attached hydrogen (secondary N) is 1. The zero-order valence-corrected chi connectivity index (χ0v) is 12.6. The summed E-state index contributed by atoms with van der Waals surface area (Å²) in [6, 6.07) is 1.80. The Labute approximate surface area is 120 Å². The van der Waals surface area contributed by atoms with E-state index in [-0.39, 0.29) is 0 Å². The van der Waals surface area contributed by atoms with Crippen LogP contribution in [0.2, 0.25) is 5.15 Å². The molecule has 4 nitrogen and oxygen atoms in total. The highest BCUT2D eigenvalue weighted by molar-refractivity contribution is 6.29. The van der Waals surface area contributed by atoms with Gasteiger partial charge in [0.25, 0.3) is 0 Å². The minimum absolute atomic E-state index is 0.546. The van der Waals surface area contributed by atoms with Crippen LogP contribution in [0, 0.1) is 12.8 Å². The molecule has 0 atom stereocenters. The highest BCUT2D eigenvalue weighted by Gasteiger charge is 2.19. The van der Waals surface area contributed by atoms with E-state index in [4.69, 9.17) is 11.6 Å². The van der Waals surface area contributed by atoms with Crippen molar-refractivity contribution in [2.45, 2.75) is 33.2 Å². The van der Waals surface area contributed by atoms with Crippen molar-refractivity contribution in [3.63, 3.8) is 0 Å². The molecule has 0 aromatic carbocycles. The van der Waals surface area contributed by atoms with Gasteiger partial charge in [0.05, 0.1) is 6.54 Å². The van der Waals surface area contributed by atoms with E-state index in [2.05, 4.69) is 27.1 Å². The second kappa shape index (κ2) is 7.17. The average molecular weight is 283 g/mol. The molecule has 0 bridgehead atoms. The van der Waals surface area contributed by atoms with Gasteiger partial charge in [-0.25, -0.2) is 9.97 Å². The number of rotatable bonds is 5. The maximum atomic E-state index is 5.97. The normalized spacial score (nSPS) is 17.8. The molecule has 106 valence electrons. The number of nitrogens with zero attached hydrogens (tertiary/aromatic N) is 3. The fourth-order valence-corrected chi connectivity index (χ4v) is 2.81. The molecule has 1 aliphatic rings. The highest BCUT2D eigenvalue weighted by Crippen LogP contribution is 2.18. The lowest BCUT2D eigenvalue weighted by molar-refractivity contribution is 0.172. The topological polar surface area (TPSA) is 41.0 Å². The SMILES string of the molecule is CCNCC1CCN(Cc2nc(C)cc(Cl)n2)CC1. The number of hydrogen-bond donors (Lipinski definition) is 1. The van der Waals surface area contributed by atoms with Gasteiger partial charge < -0.3 is 5.32 Å². The van der Waals surface area contributed by atoms with Gasteiger partial charge in [0, 0.05) is 5.69 Å². The Hall–Kier alpha value is -0.710. The molecule has 1 aromatic rings. The van der Waals surface area contributed by atoms with E-state index in [0.717, 1.165) is 50.2 Å². The van der Waals surface area contributed by atoms with Crippen LogP contribution in [0.4, 0.5) is 0 Å². The molecule has 2 rings (SSSR count). The fourth-order valence-electron chi connectivity index (χ4n) is 2.56. The molecule has 1 saturated heterocycles. The van der Waals surface area contributed by atoms with Gasteiger partial charge in [-0.3, -0.25) is 4.90 Å². The Kier molecular flexibility index (Phi) is 5.55. The van der Waals surface area contributed by atoms with Crippen LogP contribution in [0.1, 0.15) is 31.3 Å². The number of likely N-dealkylation sites (tertiary alicyclic amines) is 1. The molecule has 1 aromatic heterocycles. The van der Waals surface area contributed by atoms with Crippen molar-refractivity contribution in [3.8, 4) is 0 Å². The van der Waals surface area contributed by atoms with Gasteiger partial charge in [0.2, 0.25) is 0 Å². The Morgan fingerprint density at radius 1 is 1.37 bits per heavy atom. The maximum Gasteiger partial charge on any atom is 0.144 e. The molecule has 5 heteroatoms. The summed E-state index contributed by atoms with van der Waals surface area (Å²) in [5.41, 5.74) is 0.942. The summed E-state index contributed by atoms with van der Waals surface area (Å²) in [6.45, 7) is 9.41. The number of piperidine rings is 1. The molecule has 0 saturated carbocycles. The zero-order valence-electron chi connectivity index (χ0n) is 11.8. The van der Waals surface area contributed by atoms with Crippen LogP contribution < -0.4 is 5.32 Å². The van der Waals surface area contributed by atoms with Crippen molar-refractivity contribution in [1.82, 2.24) is 20.2 Å². The summed E-state index contributed by atoms with van der Waals surface area (Å²) in [6.07, 6.45) is 2.51. The third kappa shape index (κ3) is 4.71. The number of aryl methyl sites for hydroxylation is 1. The van der Waals surface area contributed by atoms with E-state index in [1.165, 1.54) is 12.8 Å². The summed E-state index contributed by atoms with van der Waals surface area (Å²) in [4.78, 5) is 11.2. The molecule has 19 heavy (non-hydrogen) atoms. The van der Waals surface area contributed by atoms with Crippen molar-refractivity contribution in [1.29, 1.82) is 0 Å². The van der Waals surface area contributed by atoms with Gasteiger partial charge in [-0.15, -0.1) is 0 Å². The predicted molar refractivity (Wildman–Crippen MR) is 78.3 cm³/mol. The van der Waals surface area contributed by atoms with Gasteiger partial charge in [0.1, 0.15) is 11.0 Å². The Bertz CT molecular complexity index is 382. The third-order valence-electron chi connectivity index (χ3n) is 3.62. The van der Waals surface area contributed by atoms with E-state index in [0.29, 0.717) is 5.15 Å². The van der Waals surface area contributed by atoms with Gasteiger partial charge in [-0.1, -0.05) is 18.5 Å². The molecular formula is C14H23ClN4. The lowest BCUT2D eigenvalue weighted by Gasteiger charge is -2.31. The Morgan fingerprint density at radius 2 is 2.11 bits per heavy atom. The van der Waals surface area contributed by atoms with Crippen LogP contribution in [0.5, 0.6) is 0 Å².